The van der Waals surface area contributed by atoms with E-state index in [4.69, 9.17) is 14.2 Å². The van der Waals surface area contributed by atoms with Crippen molar-refractivity contribution < 1.29 is 19.0 Å². The average Bonchev–Trinajstić information content (AvgIpc) is 2.52. The van der Waals surface area contributed by atoms with Crippen molar-refractivity contribution in [1.82, 2.24) is 0 Å². The van der Waals surface area contributed by atoms with Gasteiger partial charge in [0.05, 0.1) is 13.7 Å². The van der Waals surface area contributed by atoms with E-state index >= 15 is 0 Å². The van der Waals surface area contributed by atoms with Crippen LogP contribution in [-0.2, 0) is 9.53 Å². The number of rotatable bonds is 9. The molecule has 1 aromatic carbocycles. The molecule has 0 bridgehead atoms. The van der Waals surface area contributed by atoms with E-state index in [9.17, 15) is 4.79 Å². The summed E-state index contributed by atoms with van der Waals surface area (Å²) in [6.07, 6.45) is 3.17. The lowest BCUT2D eigenvalue weighted by atomic mass is 9.93. The highest BCUT2D eigenvalue weighted by Crippen LogP contribution is 2.29. The summed E-state index contributed by atoms with van der Waals surface area (Å²) in [6.45, 7) is 6.22. The molecule has 0 aliphatic rings. The minimum absolute atomic E-state index is 0.281. The molecule has 4 nitrogen and oxygen atoms in total. The zero-order valence-corrected chi connectivity index (χ0v) is 13.5. The lowest BCUT2D eigenvalue weighted by Crippen LogP contribution is -2.45. The summed E-state index contributed by atoms with van der Waals surface area (Å²) in [6, 6.07) is 7.27. The second-order valence-corrected chi connectivity index (χ2v) is 4.95. The lowest BCUT2D eigenvalue weighted by molar-refractivity contribution is -0.163. The van der Waals surface area contributed by atoms with Gasteiger partial charge < -0.3 is 14.2 Å². The van der Waals surface area contributed by atoms with E-state index in [-0.39, 0.29) is 5.97 Å². The smallest absolute Gasteiger partial charge is 0.350 e. The van der Waals surface area contributed by atoms with Gasteiger partial charge in [-0.3, -0.25) is 0 Å². The molecule has 0 spiro atoms. The van der Waals surface area contributed by atoms with Crippen LogP contribution in [0.2, 0.25) is 0 Å². The summed E-state index contributed by atoms with van der Waals surface area (Å²) in [7, 11) is 1.62. The van der Waals surface area contributed by atoms with Crippen LogP contribution in [0.15, 0.2) is 24.3 Å². The fourth-order valence-corrected chi connectivity index (χ4v) is 2.18. The average molecular weight is 294 g/mol. The van der Waals surface area contributed by atoms with Crippen LogP contribution >= 0.6 is 0 Å². The Morgan fingerprint density at radius 2 is 1.71 bits per heavy atom. The van der Waals surface area contributed by atoms with E-state index in [1.807, 2.05) is 38.1 Å². The number of hydrogen-bond acceptors (Lipinski definition) is 4. The van der Waals surface area contributed by atoms with E-state index in [2.05, 4.69) is 6.92 Å². The normalized spacial score (nSPS) is 13.3. The molecule has 0 saturated carbocycles. The molecule has 21 heavy (non-hydrogen) atoms. The van der Waals surface area contributed by atoms with Gasteiger partial charge in [-0.2, -0.15) is 0 Å². The Morgan fingerprint density at radius 1 is 1.10 bits per heavy atom. The summed E-state index contributed by atoms with van der Waals surface area (Å²) in [5.74, 6) is 1.13. The zero-order chi connectivity index (χ0) is 15.7. The molecule has 1 atom stereocenters. The van der Waals surface area contributed by atoms with Crippen LogP contribution < -0.4 is 9.47 Å². The molecule has 0 amide bonds. The third-order valence-corrected chi connectivity index (χ3v) is 3.53. The number of unbranched alkanes of at least 4 members (excludes halogenated alkanes) is 1. The molecular formula is C17H26O4. The third kappa shape index (κ3) is 4.66. The van der Waals surface area contributed by atoms with Gasteiger partial charge in [0.1, 0.15) is 11.5 Å². The summed E-state index contributed by atoms with van der Waals surface area (Å²) < 4.78 is 16.4. The van der Waals surface area contributed by atoms with Gasteiger partial charge in [-0.05, 0) is 50.5 Å². The predicted octanol–water partition coefficient (Wildman–Crippen LogP) is 3.98. The first-order chi connectivity index (χ1) is 10.1. The third-order valence-electron chi connectivity index (χ3n) is 3.53. The van der Waals surface area contributed by atoms with Crippen LogP contribution in [0.1, 0.15) is 46.5 Å². The molecule has 1 aromatic rings. The van der Waals surface area contributed by atoms with Crippen molar-refractivity contribution in [1.29, 1.82) is 0 Å². The Balaban J connectivity index is 2.95. The van der Waals surface area contributed by atoms with Gasteiger partial charge in [0, 0.05) is 0 Å². The number of carbonyl (C=O) groups is 1. The lowest BCUT2D eigenvalue weighted by Gasteiger charge is -2.31. The predicted molar refractivity (Wildman–Crippen MR) is 82.8 cm³/mol. The summed E-state index contributed by atoms with van der Waals surface area (Å²) in [5, 5.41) is 0. The van der Waals surface area contributed by atoms with E-state index in [1.54, 1.807) is 7.11 Å². The van der Waals surface area contributed by atoms with Crippen molar-refractivity contribution in [3.8, 4) is 11.5 Å². The molecular weight excluding hydrogens is 268 g/mol. The molecule has 0 N–H and O–H groups in total. The largest absolute Gasteiger partial charge is 0.497 e. The maximum Gasteiger partial charge on any atom is 0.350 e. The SMILES string of the molecule is CCCCC(CC)(Oc1ccc(OC)cc1)C(=O)OCC. The molecule has 0 aliphatic carbocycles. The van der Waals surface area contributed by atoms with Crippen molar-refractivity contribution in [2.75, 3.05) is 13.7 Å². The van der Waals surface area contributed by atoms with Gasteiger partial charge in [-0.1, -0.05) is 20.3 Å². The molecule has 0 aromatic heterocycles. The first kappa shape index (κ1) is 17.3. The van der Waals surface area contributed by atoms with Gasteiger partial charge >= 0.3 is 5.97 Å². The van der Waals surface area contributed by atoms with Gasteiger partial charge in [-0.25, -0.2) is 4.79 Å². The minimum atomic E-state index is -0.902. The molecule has 4 heteroatoms. The molecule has 0 fully saturated rings. The van der Waals surface area contributed by atoms with Gasteiger partial charge in [-0.15, -0.1) is 0 Å². The van der Waals surface area contributed by atoms with E-state index < -0.39 is 5.60 Å². The summed E-state index contributed by atoms with van der Waals surface area (Å²) in [5.41, 5.74) is -0.902. The zero-order valence-electron chi connectivity index (χ0n) is 13.5. The van der Waals surface area contributed by atoms with Gasteiger partial charge in [0.15, 0.2) is 0 Å². The van der Waals surface area contributed by atoms with Crippen molar-refractivity contribution >= 4 is 5.97 Å². The molecule has 0 radical (unpaired) electrons. The maximum absolute atomic E-state index is 12.4. The highest BCUT2D eigenvalue weighted by molar-refractivity contribution is 5.80. The van der Waals surface area contributed by atoms with Crippen LogP contribution in [0.4, 0.5) is 0 Å². The summed E-state index contributed by atoms with van der Waals surface area (Å²) >= 11 is 0. The summed E-state index contributed by atoms with van der Waals surface area (Å²) in [4.78, 5) is 12.4. The monoisotopic (exact) mass is 294 g/mol. The first-order valence-corrected chi connectivity index (χ1v) is 7.62. The van der Waals surface area contributed by atoms with E-state index in [0.29, 0.717) is 25.2 Å². The topological polar surface area (TPSA) is 44.8 Å². The fourth-order valence-electron chi connectivity index (χ4n) is 2.18. The Kier molecular flexibility index (Phi) is 7.06. The number of ether oxygens (including phenoxy) is 3. The van der Waals surface area contributed by atoms with Crippen LogP contribution in [0.5, 0.6) is 11.5 Å². The van der Waals surface area contributed by atoms with Gasteiger partial charge in [0.25, 0.3) is 0 Å². The highest BCUT2D eigenvalue weighted by Gasteiger charge is 2.40. The van der Waals surface area contributed by atoms with Crippen LogP contribution in [0.25, 0.3) is 0 Å². The Hall–Kier alpha value is -1.71. The molecule has 0 heterocycles. The van der Waals surface area contributed by atoms with E-state index in [0.717, 1.165) is 18.6 Å². The molecule has 1 unspecified atom stereocenters. The van der Waals surface area contributed by atoms with Crippen molar-refractivity contribution in [3.05, 3.63) is 24.3 Å². The van der Waals surface area contributed by atoms with Crippen LogP contribution in [0.3, 0.4) is 0 Å². The fraction of sp³-hybridized carbons (Fsp3) is 0.588. The standard InChI is InChI=1S/C17H26O4/c1-5-8-13-17(6-2,16(18)20-7-3)21-15-11-9-14(19-4)10-12-15/h9-12H,5-8,13H2,1-4H3. The van der Waals surface area contributed by atoms with E-state index in [1.165, 1.54) is 0 Å². The highest BCUT2D eigenvalue weighted by atomic mass is 16.6. The number of hydrogen-bond donors (Lipinski definition) is 0. The number of benzene rings is 1. The Bertz CT molecular complexity index is 427. The number of esters is 1. The molecule has 0 aliphatic heterocycles. The second kappa shape index (κ2) is 8.55. The van der Waals surface area contributed by atoms with Crippen molar-refractivity contribution in [2.45, 2.75) is 52.1 Å². The van der Waals surface area contributed by atoms with Crippen molar-refractivity contribution in [3.63, 3.8) is 0 Å². The number of methoxy groups -OCH3 is 1. The second-order valence-electron chi connectivity index (χ2n) is 4.95. The Labute approximate surface area is 127 Å². The van der Waals surface area contributed by atoms with Crippen LogP contribution in [-0.4, -0.2) is 25.3 Å². The Morgan fingerprint density at radius 3 is 2.19 bits per heavy atom. The first-order valence-electron chi connectivity index (χ1n) is 7.62. The maximum atomic E-state index is 12.4. The van der Waals surface area contributed by atoms with Crippen LogP contribution in [0, 0.1) is 0 Å². The minimum Gasteiger partial charge on any atom is -0.497 e. The molecule has 0 saturated heterocycles. The van der Waals surface area contributed by atoms with Gasteiger partial charge in [0.2, 0.25) is 5.60 Å². The molecule has 1 rings (SSSR count). The quantitative estimate of drug-likeness (QED) is 0.646. The van der Waals surface area contributed by atoms with Crippen molar-refractivity contribution in [2.24, 2.45) is 0 Å². The molecule has 118 valence electrons. The number of carbonyl (C=O) groups excluding carboxylic acids is 1.